The van der Waals surface area contributed by atoms with Gasteiger partial charge in [-0.05, 0) is 24.3 Å². The second-order valence-corrected chi connectivity index (χ2v) is 7.18. The maximum atomic E-state index is 4.48. The van der Waals surface area contributed by atoms with Gasteiger partial charge in [-0.1, -0.05) is 27.7 Å². The average molecular weight is 311 g/mol. The summed E-state index contributed by atoms with van der Waals surface area (Å²) >= 11 is 0. The molecule has 1 fully saturated rings. The highest BCUT2D eigenvalue weighted by Crippen LogP contribution is 2.37. The Hall–Kier alpha value is -2.04. The Kier molecular flexibility index (Phi) is 4.28. The monoisotopic (exact) mass is 311 g/mol. The molecule has 5 nitrogen and oxygen atoms in total. The molecule has 1 unspecified atom stereocenters. The van der Waals surface area contributed by atoms with Crippen molar-refractivity contribution in [3.63, 3.8) is 0 Å². The van der Waals surface area contributed by atoms with Gasteiger partial charge in [0.05, 0.1) is 0 Å². The van der Waals surface area contributed by atoms with Gasteiger partial charge in [-0.2, -0.15) is 0 Å². The Bertz CT molecular complexity index is 653. The highest BCUT2D eigenvalue weighted by Gasteiger charge is 2.38. The third kappa shape index (κ3) is 3.19. The predicted octanol–water partition coefficient (Wildman–Crippen LogP) is 3.19. The molecule has 1 saturated heterocycles. The molecule has 0 aromatic carbocycles. The first kappa shape index (κ1) is 15.8. The van der Waals surface area contributed by atoms with Crippen molar-refractivity contribution in [2.75, 3.05) is 18.0 Å². The minimum absolute atomic E-state index is 0.0378. The molecular weight excluding hydrogens is 286 g/mol. The van der Waals surface area contributed by atoms with Crippen LogP contribution >= 0.6 is 0 Å². The fourth-order valence-electron chi connectivity index (χ4n) is 3.22. The third-order valence-corrected chi connectivity index (χ3v) is 4.94. The zero-order chi connectivity index (χ0) is 16.4. The van der Waals surface area contributed by atoms with Crippen LogP contribution in [0.3, 0.4) is 0 Å². The number of hydrogen-bond acceptors (Lipinski definition) is 5. The Balaban J connectivity index is 1.77. The van der Waals surface area contributed by atoms with Gasteiger partial charge in [-0.25, -0.2) is 19.9 Å². The molecule has 0 amide bonds. The van der Waals surface area contributed by atoms with Gasteiger partial charge < -0.3 is 4.90 Å². The standard InChI is InChI=1S/C18H25N5/c1-13(2)15-10-16(22-12-21-15)23-9-6-14(11-23)18(3,4)17-19-7-5-8-20-17/h5,7-8,10,12-14H,6,9,11H2,1-4H3. The summed E-state index contributed by atoms with van der Waals surface area (Å²) in [5, 5.41) is 0. The Morgan fingerprint density at radius 2 is 1.87 bits per heavy atom. The molecule has 23 heavy (non-hydrogen) atoms. The van der Waals surface area contributed by atoms with E-state index in [1.807, 2.05) is 18.5 Å². The number of anilines is 1. The van der Waals surface area contributed by atoms with Gasteiger partial charge in [0.15, 0.2) is 0 Å². The van der Waals surface area contributed by atoms with Crippen LogP contribution in [0.1, 0.15) is 51.6 Å². The van der Waals surface area contributed by atoms with Crippen molar-refractivity contribution in [3.8, 4) is 0 Å². The van der Waals surface area contributed by atoms with Crippen molar-refractivity contribution in [2.24, 2.45) is 5.92 Å². The zero-order valence-electron chi connectivity index (χ0n) is 14.4. The summed E-state index contributed by atoms with van der Waals surface area (Å²) < 4.78 is 0. The maximum Gasteiger partial charge on any atom is 0.134 e. The van der Waals surface area contributed by atoms with E-state index in [-0.39, 0.29) is 5.41 Å². The topological polar surface area (TPSA) is 54.8 Å². The average Bonchev–Trinajstić information content (AvgIpc) is 3.06. The van der Waals surface area contributed by atoms with Crippen molar-refractivity contribution in [1.29, 1.82) is 0 Å². The quantitative estimate of drug-likeness (QED) is 0.868. The Morgan fingerprint density at radius 1 is 1.13 bits per heavy atom. The normalized spacial score (nSPS) is 18.7. The summed E-state index contributed by atoms with van der Waals surface area (Å²) in [6, 6.07) is 3.99. The number of nitrogens with zero attached hydrogens (tertiary/aromatic N) is 5. The van der Waals surface area contributed by atoms with E-state index in [1.165, 1.54) is 0 Å². The summed E-state index contributed by atoms with van der Waals surface area (Å²) in [4.78, 5) is 20.2. The first-order valence-electron chi connectivity index (χ1n) is 8.33. The fourth-order valence-corrected chi connectivity index (χ4v) is 3.22. The van der Waals surface area contributed by atoms with Crippen LogP contribution in [0.2, 0.25) is 0 Å². The van der Waals surface area contributed by atoms with Crippen LogP contribution in [-0.2, 0) is 5.41 Å². The molecule has 0 bridgehead atoms. The molecule has 0 spiro atoms. The number of rotatable bonds is 4. The van der Waals surface area contributed by atoms with E-state index in [4.69, 9.17) is 0 Å². The minimum atomic E-state index is -0.0378. The highest BCUT2D eigenvalue weighted by molar-refractivity contribution is 5.41. The molecule has 2 aromatic heterocycles. The predicted molar refractivity (Wildman–Crippen MR) is 91.5 cm³/mol. The molecule has 0 N–H and O–H groups in total. The van der Waals surface area contributed by atoms with Crippen LogP contribution in [0.25, 0.3) is 0 Å². The van der Waals surface area contributed by atoms with Gasteiger partial charge in [0.25, 0.3) is 0 Å². The van der Waals surface area contributed by atoms with Crippen LogP contribution < -0.4 is 4.90 Å². The van der Waals surface area contributed by atoms with E-state index in [0.29, 0.717) is 11.8 Å². The second-order valence-electron chi connectivity index (χ2n) is 7.18. The molecule has 1 atom stereocenters. The van der Waals surface area contributed by atoms with E-state index >= 15 is 0 Å². The summed E-state index contributed by atoms with van der Waals surface area (Å²) in [6.45, 7) is 10.8. The smallest absolute Gasteiger partial charge is 0.134 e. The summed E-state index contributed by atoms with van der Waals surface area (Å²) in [5.41, 5.74) is 1.06. The van der Waals surface area contributed by atoms with Gasteiger partial charge in [0.2, 0.25) is 0 Å². The lowest BCUT2D eigenvalue weighted by molar-refractivity contribution is 0.328. The molecule has 3 heterocycles. The first-order valence-corrected chi connectivity index (χ1v) is 8.33. The van der Waals surface area contributed by atoms with E-state index < -0.39 is 0 Å². The summed E-state index contributed by atoms with van der Waals surface area (Å²) in [5.74, 6) is 2.90. The molecule has 2 aromatic rings. The molecule has 0 saturated carbocycles. The lowest BCUT2D eigenvalue weighted by Crippen LogP contribution is -2.33. The number of aromatic nitrogens is 4. The van der Waals surface area contributed by atoms with Gasteiger partial charge in [0, 0.05) is 42.7 Å². The van der Waals surface area contributed by atoms with Crippen molar-refractivity contribution in [1.82, 2.24) is 19.9 Å². The lowest BCUT2D eigenvalue weighted by Gasteiger charge is -2.30. The highest BCUT2D eigenvalue weighted by atomic mass is 15.2. The third-order valence-electron chi connectivity index (χ3n) is 4.94. The van der Waals surface area contributed by atoms with Crippen molar-refractivity contribution in [2.45, 2.75) is 45.4 Å². The van der Waals surface area contributed by atoms with E-state index in [1.54, 1.807) is 6.33 Å². The zero-order valence-corrected chi connectivity index (χ0v) is 14.4. The van der Waals surface area contributed by atoms with Gasteiger partial charge in [-0.15, -0.1) is 0 Å². The molecule has 3 rings (SSSR count). The van der Waals surface area contributed by atoms with Crippen LogP contribution in [0.5, 0.6) is 0 Å². The van der Waals surface area contributed by atoms with Crippen LogP contribution in [0, 0.1) is 5.92 Å². The van der Waals surface area contributed by atoms with Crippen LogP contribution in [0.15, 0.2) is 30.9 Å². The Labute approximate surface area is 138 Å². The molecule has 1 aliphatic rings. The molecule has 1 aliphatic heterocycles. The van der Waals surface area contributed by atoms with E-state index in [2.05, 4.69) is 58.6 Å². The van der Waals surface area contributed by atoms with Crippen LogP contribution in [0.4, 0.5) is 5.82 Å². The lowest BCUT2D eigenvalue weighted by atomic mass is 9.77. The second kappa shape index (κ2) is 6.22. The van der Waals surface area contributed by atoms with Crippen LogP contribution in [-0.4, -0.2) is 33.0 Å². The Morgan fingerprint density at radius 3 is 2.57 bits per heavy atom. The minimum Gasteiger partial charge on any atom is -0.356 e. The first-order chi connectivity index (χ1) is 11.0. The van der Waals surface area contributed by atoms with Crippen molar-refractivity contribution in [3.05, 3.63) is 42.4 Å². The maximum absolute atomic E-state index is 4.48. The fraction of sp³-hybridized carbons (Fsp3) is 0.556. The molecular formula is C18H25N5. The van der Waals surface area contributed by atoms with E-state index in [9.17, 15) is 0 Å². The molecule has 0 radical (unpaired) electrons. The summed E-state index contributed by atoms with van der Waals surface area (Å²) in [6.07, 6.45) is 6.47. The van der Waals surface area contributed by atoms with E-state index in [0.717, 1.165) is 36.8 Å². The van der Waals surface area contributed by atoms with Gasteiger partial charge >= 0.3 is 0 Å². The SMILES string of the molecule is CC(C)c1cc(N2CCC(C(C)(C)c3ncccn3)C2)ncn1. The molecule has 5 heteroatoms. The summed E-state index contributed by atoms with van der Waals surface area (Å²) in [7, 11) is 0. The van der Waals surface area contributed by atoms with Crippen molar-refractivity contribution < 1.29 is 0 Å². The van der Waals surface area contributed by atoms with Crippen molar-refractivity contribution >= 4 is 5.82 Å². The molecule has 0 aliphatic carbocycles. The van der Waals surface area contributed by atoms with Gasteiger partial charge in [0.1, 0.15) is 18.0 Å². The largest absolute Gasteiger partial charge is 0.356 e. The van der Waals surface area contributed by atoms with Gasteiger partial charge in [-0.3, -0.25) is 0 Å². The number of hydrogen-bond donors (Lipinski definition) is 0. The molecule has 122 valence electrons.